The fraction of sp³-hybridized carbons (Fsp3) is 0.192. The van der Waals surface area contributed by atoms with E-state index in [1.54, 1.807) is 47.4 Å². The lowest BCUT2D eigenvalue weighted by molar-refractivity contribution is -0.139. The number of halogens is 1. The van der Waals surface area contributed by atoms with Crippen molar-refractivity contribution in [2.24, 2.45) is 0 Å². The molecule has 0 fully saturated rings. The molecule has 0 aromatic heterocycles. The zero-order chi connectivity index (χ0) is 24.1. The minimum atomic E-state index is -1.11. The highest BCUT2D eigenvalue weighted by atomic mass is 35.5. The smallest absolute Gasteiger partial charge is 0.410 e. The van der Waals surface area contributed by atoms with E-state index in [4.69, 9.17) is 31.4 Å². The largest absolute Gasteiger partial charge is 0.482 e. The molecule has 1 heterocycles. The SMILES string of the molecule is N#Cc1cccc(COC(=O)N2CCc3ccccc3C2c2cc(Cl)ccc2OCC(=O)O)c1. The quantitative estimate of drug-likeness (QED) is 0.539. The van der Waals surface area contributed by atoms with Gasteiger partial charge in [-0.2, -0.15) is 5.26 Å². The van der Waals surface area contributed by atoms with Gasteiger partial charge in [0, 0.05) is 17.1 Å². The number of hydrogen-bond acceptors (Lipinski definition) is 5. The third-order valence-corrected chi connectivity index (χ3v) is 5.79. The second kappa shape index (κ2) is 10.3. The standard InChI is InChI=1S/C26H21ClN2O5/c27-20-8-9-23(33-16-24(30)31)22(13-20)25-21-7-2-1-6-19(21)10-11-29(25)26(32)34-15-18-5-3-4-17(12-18)14-28/h1-9,12-13,25H,10-11,15-16H2,(H,30,31). The number of benzene rings is 3. The van der Waals surface area contributed by atoms with Gasteiger partial charge in [-0.3, -0.25) is 4.90 Å². The van der Waals surface area contributed by atoms with Gasteiger partial charge in [0.2, 0.25) is 0 Å². The van der Waals surface area contributed by atoms with E-state index in [0.717, 1.165) is 11.1 Å². The van der Waals surface area contributed by atoms with Crippen LogP contribution in [0, 0.1) is 11.3 Å². The minimum absolute atomic E-state index is 0.0110. The van der Waals surface area contributed by atoms with Crippen LogP contribution in [-0.4, -0.2) is 35.2 Å². The second-order valence-electron chi connectivity index (χ2n) is 7.78. The average molecular weight is 477 g/mol. The molecular formula is C26H21ClN2O5. The van der Waals surface area contributed by atoms with Crippen molar-refractivity contribution in [2.45, 2.75) is 19.1 Å². The number of ether oxygens (including phenoxy) is 2. The summed E-state index contributed by atoms with van der Waals surface area (Å²) in [6, 6.07) is 21.0. The van der Waals surface area contributed by atoms with Crippen LogP contribution in [0.2, 0.25) is 5.02 Å². The Kier molecular flexibility index (Phi) is 7.00. The summed E-state index contributed by atoms with van der Waals surface area (Å²) >= 11 is 6.29. The highest BCUT2D eigenvalue weighted by Gasteiger charge is 2.35. The maximum atomic E-state index is 13.3. The topological polar surface area (TPSA) is 99.9 Å². The summed E-state index contributed by atoms with van der Waals surface area (Å²) in [6.45, 7) is -0.122. The van der Waals surface area contributed by atoms with Crippen molar-refractivity contribution < 1.29 is 24.2 Å². The fourth-order valence-electron chi connectivity index (χ4n) is 4.06. The van der Waals surface area contributed by atoms with Crippen molar-refractivity contribution in [2.75, 3.05) is 13.2 Å². The van der Waals surface area contributed by atoms with Crippen molar-refractivity contribution in [1.82, 2.24) is 4.90 Å². The van der Waals surface area contributed by atoms with Gasteiger partial charge in [-0.15, -0.1) is 0 Å². The number of carbonyl (C=O) groups is 2. The van der Waals surface area contributed by atoms with Crippen LogP contribution >= 0.6 is 11.6 Å². The monoisotopic (exact) mass is 476 g/mol. The molecule has 3 aromatic rings. The molecule has 3 aromatic carbocycles. The van der Waals surface area contributed by atoms with Crippen LogP contribution in [0.5, 0.6) is 5.75 Å². The first-order valence-electron chi connectivity index (χ1n) is 10.6. The molecule has 0 saturated heterocycles. The van der Waals surface area contributed by atoms with Crippen molar-refractivity contribution >= 4 is 23.7 Å². The molecule has 8 heteroatoms. The fourth-order valence-corrected chi connectivity index (χ4v) is 4.24. The molecule has 0 aliphatic carbocycles. The Bertz CT molecular complexity index is 1270. The molecule has 7 nitrogen and oxygen atoms in total. The van der Waals surface area contributed by atoms with Crippen LogP contribution in [0.3, 0.4) is 0 Å². The molecule has 1 atom stereocenters. The first-order valence-corrected chi connectivity index (χ1v) is 11.0. The van der Waals surface area contributed by atoms with Crippen LogP contribution in [0.25, 0.3) is 0 Å². The molecule has 0 saturated carbocycles. The molecule has 1 aliphatic heterocycles. The maximum Gasteiger partial charge on any atom is 0.410 e. The van der Waals surface area contributed by atoms with E-state index in [1.807, 2.05) is 24.3 Å². The molecule has 0 bridgehead atoms. The van der Waals surface area contributed by atoms with E-state index in [0.29, 0.717) is 40.4 Å². The highest BCUT2D eigenvalue weighted by Crippen LogP contribution is 2.40. The van der Waals surface area contributed by atoms with Gasteiger partial charge < -0.3 is 14.6 Å². The van der Waals surface area contributed by atoms with Crippen LogP contribution in [0.1, 0.15) is 33.9 Å². The van der Waals surface area contributed by atoms with Crippen molar-refractivity contribution in [3.63, 3.8) is 0 Å². The molecule has 1 amide bonds. The second-order valence-corrected chi connectivity index (χ2v) is 8.21. The lowest BCUT2D eigenvalue weighted by atomic mass is 9.88. The molecule has 172 valence electrons. The minimum Gasteiger partial charge on any atom is -0.482 e. The van der Waals surface area contributed by atoms with Gasteiger partial charge in [0.1, 0.15) is 12.4 Å². The van der Waals surface area contributed by atoms with Crippen LogP contribution in [0.4, 0.5) is 4.79 Å². The van der Waals surface area contributed by atoms with Crippen molar-refractivity contribution in [3.05, 3.63) is 99.6 Å². The molecule has 0 radical (unpaired) electrons. The van der Waals surface area contributed by atoms with Crippen LogP contribution < -0.4 is 4.74 Å². The maximum absolute atomic E-state index is 13.3. The van der Waals surface area contributed by atoms with Crippen LogP contribution in [0.15, 0.2) is 66.7 Å². The van der Waals surface area contributed by atoms with E-state index in [2.05, 4.69) is 6.07 Å². The summed E-state index contributed by atoms with van der Waals surface area (Å²) in [5.74, 6) is -0.783. The molecular weight excluding hydrogens is 456 g/mol. The Morgan fingerprint density at radius 2 is 1.91 bits per heavy atom. The summed E-state index contributed by atoms with van der Waals surface area (Å²) in [7, 11) is 0. The van der Waals surface area contributed by atoms with E-state index in [1.165, 1.54) is 0 Å². The Morgan fingerprint density at radius 1 is 1.09 bits per heavy atom. The number of carboxylic acids is 1. The van der Waals surface area contributed by atoms with Gasteiger partial charge >= 0.3 is 12.1 Å². The number of fused-ring (bicyclic) bond motifs is 1. The number of carboxylic acid groups (broad SMARTS) is 1. The molecule has 34 heavy (non-hydrogen) atoms. The zero-order valence-corrected chi connectivity index (χ0v) is 18.9. The van der Waals surface area contributed by atoms with Gasteiger partial charge in [0.15, 0.2) is 6.61 Å². The summed E-state index contributed by atoms with van der Waals surface area (Å²) < 4.78 is 11.1. The Morgan fingerprint density at radius 3 is 2.71 bits per heavy atom. The lowest BCUT2D eigenvalue weighted by Crippen LogP contribution is -2.41. The Labute approximate surface area is 201 Å². The lowest BCUT2D eigenvalue weighted by Gasteiger charge is -2.37. The van der Waals surface area contributed by atoms with Gasteiger partial charge in [0.25, 0.3) is 0 Å². The number of aliphatic carboxylic acids is 1. The van der Waals surface area contributed by atoms with Gasteiger partial charge in [-0.05, 0) is 53.4 Å². The predicted octanol–water partition coefficient (Wildman–Crippen LogP) is 4.96. The summed E-state index contributed by atoms with van der Waals surface area (Å²) in [5, 5.41) is 18.6. The summed E-state index contributed by atoms with van der Waals surface area (Å²) in [5.41, 5.74) is 3.72. The predicted molar refractivity (Wildman–Crippen MR) is 125 cm³/mol. The third-order valence-electron chi connectivity index (χ3n) is 5.55. The van der Waals surface area contributed by atoms with E-state index in [9.17, 15) is 9.59 Å². The summed E-state index contributed by atoms with van der Waals surface area (Å²) in [6.07, 6.45) is 0.100. The number of amides is 1. The molecule has 1 N–H and O–H groups in total. The summed E-state index contributed by atoms with van der Waals surface area (Å²) in [4.78, 5) is 26.0. The number of nitriles is 1. The van der Waals surface area contributed by atoms with Crippen molar-refractivity contribution in [1.29, 1.82) is 5.26 Å². The first-order chi connectivity index (χ1) is 16.5. The van der Waals surface area contributed by atoms with Gasteiger partial charge in [-0.25, -0.2) is 9.59 Å². The number of hydrogen-bond donors (Lipinski definition) is 1. The Hall–Kier alpha value is -4.02. The van der Waals surface area contributed by atoms with E-state index < -0.39 is 24.7 Å². The number of carbonyl (C=O) groups excluding carboxylic acids is 1. The third kappa shape index (κ3) is 5.13. The zero-order valence-electron chi connectivity index (χ0n) is 18.1. The molecule has 0 spiro atoms. The van der Waals surface area contributed by atoms with E-state index >= 15 is 0 Å². The Balaban J connectivity index is 1.67. The first kappa shape index (κ1) is 23.1. The highest BCUT2D eigenvalue weighted by molar-refractivity contribution is 6.30. The van der Waals surface area contributed by atoms with Gasteiger partial charge in [-0.1, -0.05) is 48.0 Å². The average Bonchev–Trinajstić information content (AvgIpc) is 2.85. The van der Waals surface area contributed by atoms with Crippen LogP contribution in [-0.2, 0) is 22.6 Å². The van der Waals surface area contributed by atoms with Crippen molar-refractivity contribution in [3.8, 4) is 11.8 Å². The van der Waals surface area contributed by atoms with Gasteiger partial charge in [0.05, 0.1) is 17.7 Å². The molecule has 4 rings (SSSR count). The molecule has 1 unspecified atom stereocenters. The molecule has 1 aliphatic rings. The number of nitrogens with zero attached hydrogens (tertiary/aromatic N) is 2. The van der Waals surface area contributed by atoms with E-state index in [-0.39, 0.29) is 6.61 Å². The number of rotatable bonds is 6. The normalized spacial score (nSPS) is 14.6.